The van der Waals surface area contributed by atoms with E-state index in [4.69, 9.17) is 17.0 Å². The lowest BCUT2D eigenvalue weighted by molar-refractivity contribution is -0.130. The zero-order chi connectivity index (χ0) is 21.0. The Morgan fingerprint density at radius 3 is 2.48 bits per heavy atom. The molecule has 2 aromatic carbocycles. The van der Waals surface area contributed by atoms with E-state index in [1.54, 1.807) is 55.5 Å². The zero-order valence-corrected chi connectivity index (χ0v) is 17.7. The third-order valence-electron chi connectivity index (χ3n) is 4.04. The third kappa shape index (κ3) is 4.75. The Bertz CT molecular complexity index is 990. The number of carbonyl (C=O) groups excluding carboxylic acids is 3. The summed E-state index contributed by atoms with van der Waals surface area (Å²) in [5.41, 5.74) is 1.42. The van der Waals surface area contributed by atoms with Gasteiger partial charge in [0, 0.05) is 10.7 Å². The molecule has 1 heterocycles. The van der Waals surface area contributed by atoms with Gasteiger partial charge in [0.25, 0.3) is 5.91 Å². The number of rotatable bonds is 5. The quantitative estimate of drug-likeness (QED) is 0.311. The highest BCUT2D eigenvalue weighted by Gasteiger charge is 2.38. The van der Waals surface area contributed by atoms with Crippen molar-refractivity contribution in [3.63, 3.8) is 0 Å². The molecule has 0 spiro atoms. The molecule has 148 valence electrons. The minimum absolute atomic E-state index is 0.0192. The Hall–Kier alpha value is -2.91. The van der Waals surface area contributed by atoms with Crippen molar-refractivity contribution in [1.29, 1.82) is 0 Å². The standard InChI is InChI=1S/C20H16BrN3O4S/c1-2-28-19(27)12-3-7-14(8-4-12)22-11-16-17(25)23-20(29)24(18(16)26)15-9-5-13(21)6-10-15/h3-11,16H,2H2,1H3,(H,23,25,29)/t16-/m1/s1. The summed E-state index contributed by atoms with van der Waals surface area (Å²) in [4.78, 5) is 42.3. The Morgan fingerprint density at radius 2 is 1.86 bits per heavy atom. The Morgan fingerprint density at radius 1 is 1.21 bits per heavy atom. The summed E-state index contributed by atoms with van der Waals surface area (Å²) in [6.45, 7) is 2.01. The van der Waals surface area contributed by atoms with E-state index in [1.165, 1.54) is 11.1 Å². The second-order valence-corrected chi connectivity index (χ2v) is 7.27. The van der Waals surface area contributed by atoms with E-state index in [0.29, 0.717) is 16.9 Å². The van der Waals surface area contributed by atoms with Crippen molar-refractivity contribution < 1.29 is 19.1 Å². The average molecular weight is 474 g/mol. The van der Waals surface area contributed by atoms with E-state index < -0.39 is 23.7 Å². The number of aliphatic imine (C=N–C) groups is 1. The maximum atomic E-state index is 12.9. The molecule has 0 radical (unpaired) electrons. The molecule has 0 bridgehead atoms. The molecule has 29 heavy (non-hydrogen) atoms. The van der Waals surface area contributed by atoms with Crippen LogP contribution in [-0.4, -0.2) is 35.7 Å². The van der Waals surface area contributed by atoms with Gasteiger partial charge < -0.3 is 10.1 Å². The molecule has 3 rings (SSSR count). The first-order valence-corrected chi connectivity index (χ1v) is 9.86. The van der Waals surface area contributed by atoms with Gasteiger partial charge in [0.2, 0.25) is 5.91 Å². The zero-order valence-electron chi connectivity index (χ0n) is 15.3. The highest BCUT2D eigenvalue weighted by molar-refractivity contribution is 9.10. The first-order valence-electron chi connectivity index (χ1n) is 8.66. The molecule has 2 aromatic rings. The summed E-state index contributed by atoms with van der Waals surface area (Å²) in [7, 11) is 0. The van der Waals surface area contributed by atoms with Gasteiger partial charge in [0.05, 0.1) is 23.5 Å². The van der Waals surface area contributed by atoms with Gasteiger partial charge in [0.15, 0.2) is 11.0 Å². The maximum Gasteiger partial charge on any atom is 0.338 e. The van der Waals surface area contributed by atoms with Crippen molar-refractivity contribution in [3.05, 3.63) is 58.6 Å². The topological polar surface area (TPSA) is 88.1 Å². The number of halogens is 1. The van der Waals surface area contributed by atoms with Crippen LogP contribution in [0.25, 0.3) is 0 Å². The largest absolute Gasteiger partial charge is 0.462 e. The van der Waals surface area contributed by atoms with Crippen LogP contribution < -0.4 is 10.2 Å². The van der Waals surface area contributed by atoms with Crippen LogP contribution in [0, 0.1) is 5.92 Å². The van der Waals surface area contributed by atoms with Crippen LogP contribution in [0.1, 0.15) is 17.3 Å². The molecule has 1 aliphatic heterocycles. The smallest absolute Gasteiger partial charge is 0.338 e. The average Bonchev–Trinajstić information content (AvgIpc) is 2.69. The summed E-state index contributed by atoms with van der Waals surface area (Å²) in [6.07, 6.45) is 1.27. The molecular formula is C20H16BrN3O4S. The van der Waals surface area contributed by atoms with E-state index >= 15 is 0 Å². The number of thiocarbonyl (C=S) groups is 1. The molecule has 1 fully saturated rings. The number of ether oxygens (including phenoxy) is 1. The van der Waals surface area contributed by atoms with Crippen LogP contribution in [0.2, 0.25) is 0 Å². The molecule has 7 nitrogen and oxygen atoms in total. The minimum atomic E-state index is -1.13. The second-order valence-electron chi connectivity index (χ2n) is 5.97. The molecular weight excluding hydrogens is 458 g/mol. The van der Waals surface area contributed by atoms with E-state index in [1.807, 2.05) is 0 Å². The van der Waals surface area contributed by atoms with Crippen molar-refractivity contribution in [1.82, 2.24) is 5.32 Å². The van der Waals surface area contributed by atoms with Crippen molar-refractivity contribution >= 4 is 68.6 Å². The van der Waals surface area contributed by atoms with E-state index in [9.17, 15) is 14.4 Å². The van der Waals surface area contributed by atoms with Gasteiger partial charge in [-0.3, -0.25) is 19.5 Å². The van der Waals surface area contributed by atoms with E-state index in [-0.39, 0.29) is 11.7 Å². The molecule has 0 aliphatic carbocycles. The number of hydrogen-bond donors (Lipinski definition) is 1. The number of amides is 2. The summed E-state index contributed by atoms with van der Waals surface area (Å²) in [6, 6.07) is 13.3. The lowest BCUT2D eigenvalue weighted by Gasteiger charge is -2.30. The van der Waals surface area contributed by atoms with Crippen LogP contribution in [0.3, 0.4) is 0 Å². The van der Waals surface area contributed by atoms with Crippen molar-refractivity contribution in [3.8, 4) is 0 Å². The number of nitrogens with zero attached hydrogens (tertiary/aromatic N) is 2. The second kappa shape index (κ2) is 9.06. The summed E-state index contributed by atoms with van der Waals surface area (Å²) < 4.78 is 5.78. The number of benzene rings is 2. The summed E-state index contributed by atoms with van der Waals surface area (Å²) >= 11 is 8.50. The van der Waals surface area contributed by atoms with Crippen LogP contribution in [0.5, 0.6) is 0 Å². The van der Waals surface area contributed by atoms with Crippen LogP contribution in [-0.2, 0) is 14.3 Å². The third-order valence-corrected chi connectivity index (χ3v) is 4.85. The lowest BCUT2D eigenvalue weighted by Crippen LogP contribution is -2.58. The molecule has 1 N–H and O–H groups in total. The molecule has 1 aliphatic rings. The number of hydrogen-bond acceptors (Lipinski definition) is 6. The Labute approximate surface area is 180 Å². The fourth-order valence-electron chi connectivity index (χ4n) is 2.62. The van der Waals surface area contributed by atoms with Gasteiger partial charge in [-0.2, -0.15) is 0 Å². The Kier molecular flexibility index (Phi) is 6.50. The number of esters is 1. The molecule has 9 heteroatoms. The predicted molar refractivity (Wildman–Crippen MR) is 116 cm³/mol. The fourth-order valence-corrected chi connectivity index (χ4v) is 3.18. The van der Waals surface area contributed by atoms with Gasteiger partial charge >= 0.3 is 5.97 Å². The molecule has 0 unspecified atom stereocenters. The van der Waals surface area contributed by atoms with Gasteiger partial charge in [-0.25, -0.2) is 4.79 Å². The van der Waals surface area contributed by atoms with Gasteiger partial charge in [-0.1, -0.05) is 15.9 Å². The summed E-state index contributed by atoms with van der Waals surface area (Å²) in [5.74, 6) is -2.59. The monoisotopic (exact) mass is 473 g/mol. The van der Waals surface area contributed by atoms with Crippen molar-refractivity contribution in [2.45, 2.75) is 6.92 Å². The molecule has 0 saturated carbocycles. The molecule has 1 saturated heterocycles. The Balaban J connectivity index is 1.79. The fraction of sp³-hybridized carbons (Fsp3) is 0.150. The predicted octanol–water partition coefficient (Wildman–Crippen LogP) is 3.39. The van der Waals surface area contributed by atoms with E-state index in [0.717, 1.165) is 4.47 Å². The van der Waals surface area contributed by atoms with Gasteiger partial charge in [-0.05, 0) is 67.7 Å². The van der Waals surface area contributed by atoms with E-state index in [2.05, 4.69) is 26.2 Å². The van der Waals surface area contributed by atoms with Gasteiger partial charge in [0.1, 0.15) is 0 Å². The van der Waals surface area contributed by atoms with Crippen LogP contribution >= 0.6 is 28.1 Å². The van der Waals surface area contributed by atoms with Crippen LogP contribution in [0.15, 0.2) is 58.0 Å². The maximum absolute atomic E-state index is 12.9. The number of carbonyl (C=O) groups is 3. The van der Waals surface area contributed by atoms with Crippen molar-refractivity contribution in [2.75, 3.05) is 11.5 Å². The highest BCUT2D eigenvalue weighted by atomic mass is 79.9. The first-order chi connectivity index (χ1) is 13.9. The molecule has 2 amide bonds. The van der Waals surface area contributed by atoms with Crippen LogP contribution in [0.4, 0.5) is 11.4 Å². The first kappa shape index (κ1) is 20.8. The molecule has 0 aromatic heterocycles. The number of nitrogens with one attached hydrogen (secondary N) is 1. The SMILES string of the molecule is CCOC(=O)c1ccc(N=C[C@@H]2C(=O)NC(=S)N(c3ccc(Br)cc3)C2=O)cc1. The molecule has 1 atom stereocenters. The lowest BCUT2D eigenvalue weighted by atomic mass is 10.1. The minimum Gasteiger partial charge on any atom is -0.462 e. The van der Waals surface area contributed by atoms with Gasteiger partial charge in [-0.15, -0.1) is 0 Å². The summed E-state index contributed by atoms with van der Waals surface area (Å²) in [5, 5.41) is 2.55. The highest BCUT2D eigenvalue weighted by Crippen LogP contribution is 2.23. The van der Waals surface area contributed by atoms with Crippen molar-refractivity contribution in [2.24, 2.45) is 10.9 Å². The number of anilines is 1. The normalized spacial score (nSPS) is 16.8.